The third-order valence-corrected chi connectivity index (χ3v) is 4.96. The fourth-order valence-electron chi connectivity index (χ4n) is 4.03. The van der Waals surface area contributed by atoms with Crippen molar-refractivity contribution in [3.63, 3.8) is 0 Å². The zero-order chi connectivity index (χ0) is 14.1. The van der Waals surface area contributed by atoms with E-state index < -0.39 is 5.97 Å². The van der Waals surface area contributed by atoms with Crippen molar-refractivity contribution in [3.8, 4) is 0 Å². The molecule has 0 radical (unpaired) electrons. The van der Waals surface area contributed by atoms with Gasteiger partial charge in [-0.2, -0.15) is 0 Å². The second-order valence-electron chi connectivity index (χ2n) is 6.26. The molecule has 1 aromatic heterocycles. The summed E-state index contributed by atoms with van der Waals surface area (Å²) in [7, 11) is 2.04. The number of aromatic nitrogens is 2. The van der Waals surface area contributed by atoms with Crippen molar-refractivity contribution >= 4 is 5.97 Å². The van der Waals surface area contributed by atoms with Crippen LogP contribution in [0.5, 0.6) is 0 Å². The monoisotopic (exact) mass is 277 g/mol. The molecule has 2 saturated heterocycles. The smallest absolute Gasteiger partial charge is 0.303 e. The zero-order valence-electron chi connectivity index (χ0n) is 12.0. The van der Waals surface area contributed by atoms with Crippen molar-refractivity contribution < 1.29 is 9.90 Å². The number of aliphatic carboxylic acids is 1. The van der Waals surface area contributed by atoms with E-state index in [2.05, 4.69) is 14.5 Å². The van der Waals surface area contributed by atoms with Gasteiger partial charge < -0.3 is 9.67 Å². The van der Waals surface area contributed by atoms with Crippen molar-refractivity contribution in [2.45, 2.75) is 50.6 Å². The van der Waals surface area contributed by atoms with E-state index in [-0.39, 0.29) is 0 Å². The van der Waals surface area contributed by atoms with Gasteiger partial charge in [0.1, 0.15) is 5.82 Å². The Balaban J connectivity index is 1.57. The lowest BCUT2D eigenvalue weighted by Crippen LogP contribution is -2.44. The molecular weight excluding hydrogens is 254 g/mol. The number of piperidine rings is 1. The summed E-state index contributed by atoms with van der Waals surface area (Å²) >= 11 is 0. The van der Waals surface area contributed by atoms with E-state index in [1.165, 1.54) is 12.8 Å². The molecule has 2 aliphatic heterocycles. The van der Waals surface area contributed by atoms with Gasteiger partial charge in [0.15, 0.2) is 0 Å². The molecule has 20 heavy (non-hydrogen) atoms. The lowest BCUT2D eigenvalue weighted by Gasteiger charge is -2.38. The van der Waals surface area contributed by atoms with Gasteiger partial charge in [0.05, 0.1) is 0 Å². The van der Waals surface area contributed by atoms with E-state index in [0.717, 1.165) is 31.6 Å². The minimum Gasteiger partial charge on any atom is -0.481 e. The first-order valence-corrected chi connectivity index (χ1v) is 7.57. The number of hydrogen-bond acceptors (Lipinski definition) is 3. The van der Waals surface area contributed by atoms with Crippen LogP contribution >= 0.6 is 0 Å². The Labute approximate surface area is 119 Å². The highest BCUT2D eigenvalue weighted by atomic mass is 16.4. The highest BCUT2D eigenvalue weighted by Gasteiger charge is 2.40. The minimum atomic E-state index is -0.643. The topological polar surface area (TPSA) is 58.4 Å². The number of imidazole rings is 1. The molecule has 0 aromatic carbocycles. The standard InChI is InChI=1S/C15H23N3O2/c1-17-7-5-16-14(17)4-6-18-12-2-3-13(18)9-11(8-12)10-15(19)20/h5,7,11-13H,2-4,6,8-10H2,1H3,(H,19,20). The van der Waals surface area contributed by atoms with Crippen molar-refractivity contribution in [3.05, 3.63) is 18.2 Å². The largest absolute Gasteiger partial charge is 0.481 e. The molecule has 110 valence electrons. The van der Waals surface area contributed by atoms with Gasteiger partial charge in [-0.1, -0.05) is 0 Å². The first-order chi connectivity index (χ1) is 9.63. The Bertz CT molecular complexity index is 471. The minimum absolute atomic E-state index is 0.347. The predicted molar refractivity (Wildman–Crippen MR) is 75.4 cm³/mol. The van der Waals surface area contributed by atoms with Crippen LogP contribution in [0.15, 0.2) is 12.4 Å². The summed E-state index contributed by atoms with van der Waals surface area (Å²) in [5, 5.41) is 8.96. The summed E-state index contributed by atoms with van der Waals surface area (Å²) in [4.78, 5) is 17.9. The molecule has 0 amide bonds. The normalized spacial score (nSPS) is 29.8. The molecular formula is C15H23N3O2. The number of carbonyl (C=O) groups is 1. The average Bonchev–Trinajstić information content (AvgIpc) is 2.88. The van der Waals surface area contributed by atoms with Gasteiger partial charge in [0.25, 0.3) is 0 Å². The first kappa shape index (κ1) is 13.6. The third-order valence-electron chi connectivity index (χ3n) is 4.96. The van der Waals surface area contributed by atoms with Gasteiger partial charge >= 0.3 is 5.97 Å². The van der Waals surface area contributed by atoms with Crippen LogP contribution in [-0.2, 0) is 18.3 Å². The fourth-order valence-corrected chi connectivity index (χ4v) is 4.03. The van der Waals surface area contributed by atoms with Crippen LogP contribution in [0.25, 0.3) is 0 Å². The van der Waals surface area contributed by atoms with Crippen molar-refractivity contribution in [1.82, 2.24) is 14.5 Å². The van der Waals surface area contributed by atoms with Crippen LogP contribution < -0.4 is 0 Å². The van der Waals surface area contributed by atoms with Crippen molar-refractivity contribution in [2.75, 3.05) is 6.54 Å². The van der Waals surface area contributed by atoms with Gasteiger partial charge in [-0.25, -0.2) is 4.98 Å². The molecule has 2 aliphatic rings. The van der Waals surface area contributed by atoms with E-state index in [1.54, 1.807) is 0 Å². The molecule has 3 rings (SSSR count). The number of nitrogens with zero attached hydrogens (tertiary/aromatic N) is 3. The van der Waals surface area contributed by atoms with E-state index in [1.807, 2.05) is 19.4 Å². The Hall–Kier alpha value is -1.36. The molecule has 0 saturated carbocycles. The van der Waals surface area contributed by atoms with E-state index in [9.17, 15) is 4.79 Å². The van der Waals surface area contributed by atoms with Gasteiger partial charge in [-0.05, 0) is 31.6 Å². The van der Waals surface area contributed by atoms with Gasteiger partial charge in [0, 0.05) is 50.9 Å². The number of rotatable bonds is 5. The van der Waals surface area contributed by atoms with E-state index >= 15 is 0 Å². The first-order valence-electron chi connectivity index (χ1n) is 7.57. The highest BCUT2D eigenvalue weighted by Crippen LogP contribution is 2.39. The molecule has 2 atom stereocenters. The van der Waals surface area contributed by atoms with Gasteiger partial charge in [0.2, 0.25) is 0 Å². The van der Waals surface area contributed by atoms with Crippen LogP contribution in [0.2, 0.25) is 0 Å². The molecule has 0 spiro atoms. The summed E-state index contributed by atoms with van der Waals surface area (Å²) < 4.78 is 2.08. The number of aryl methyl sites for hydroxylation is 1. The quantitative estimate of drug-likeness (QED) is 0.889. The number of hydrogen-bond donors (Lipinski definition) is 1. The number of fused-ring (bicyclic) bond motifs is 2. The number of carboxylic acids is 1. The van der Waals surface area contributed by atoms with Crippen LogP contribution in [0, 0.1) is 5.92 Å². The van der Waals surface area contributed by atoms with E-state index in [4.69, 9.17) is 5.11 Å². The molecule has 2 unspecified atom stereocenters. The van der Waals surface area contributed by atoms with Gasteiger partial charge in [-0.3, -0.25) is 9.69 Å². The lowest BCUT2D eigenvalue weighted by molar-refractivity contribution is -0.138. The molecule has 5 heteroatoms. The molecule has 2 bridgehead atoms. The summed E-state index contributed by atoms with van der Waals surface area (Å²) in [6.45, 7) is 1.06. The van der Waals surface area contributed by atoms with Crippen LogP contribution in [0.3, 0.4) is 0 Å². The summed E-state index contributed by atoms with van der Waals surface area (Å²) in [5.74, 6) is 0.877. The highest BCUT2D eigenvalue weighted by molar-refractivity contribution is 5.67. The molecule has 1 N–H and O–H groups in total. The Morgan fingerprint density at radius 2 is 2.10 bits per heavy atom. The lowest BCUT2D eigenvalue weighted by atomic mass is 9.88. The molecule has 5 nitrogen and oxygen atoms in total. The molecule has 2 fully saturated rings. The maximum absolute atomic E-state index is 10.9. The third kappa shape index (κ3) is 2.73. The van der Waals surface area contributed by atoms with E-state index in [0.29, 0.717) is 24.4 Å². The van der Waals surface area contributed by atoms with Crippen molar-refractivity contribution in [2.24, 2.45) is 13.0 Å². The summed E-state index contributed by atoms with van der Waals surface area (Å²) in [5.41, 5.74) is 0. The number of carboxylic acid groups (broad SMARTS) is 1. The Kier molecular flexibility index (Phi) is 3.78. The summed E-state index contributed by atoms with van der Waals surface area (Å²) in [6, 6.07) is 1.19. The summed E-state index contributed by atoms with van der Waals surface area (Å²) in [6.07, 6.45) is 9.77. The maximum atomic E-state index is 10.9. The van der Waals surface area contributed by atoms with Crippen LogP contribution in [-0.4, -0.2) is 44.2 Å². The van der Waals surface area contributed by atoms with Crippen LogP contribution in [0.4, 0.5) is 0 Å². The second kappa shape index (κ2) is 5.56. The average molecular weight is 277 g/mol. The molecule has 3 heterocycles. The Morgan fingerprint density at radius 1 is 1.40 bits per heavy atom. The molecule has 0 aliphatic carbocycles. The fraction of sp³-hybridized carbons (Fsp3) is 0.733. The molecule has 1 aromatic rings. The van der Waals surface area contributed by atoms with Gasteiger partial charge in [-0.15, -0.1) is 0 Å². The maximum Gasteiger partial charge on any atom is 0.303 e. The second-order valence-corrected chi connectivity index (χ2v) is 6.26. The van der Waals surface area contributed by atoms with Crippen molar-refractivity contribution in [1.29, 1.82) is 0 Å². The zero-order valence-corrected chi connectivity index (χ0v) is 12.0. The predicted octanol–water partition coefficient (Wildman–Crippen LogP) is 1.68. The van der Waals surface area contributed by atoms with Crippen LogP contribution in [0.1, 0.15) is 37.9 Å². The SMILES string of the molecule is Cn1ccnc1CCN1C2CCC1CC(CC(=O)O)C2. The Morgan fingerprint density at radius 3 is 2.65 bits per heavy atom.